The normalized spacial score (nSPS) is 18.7. The van der Waals surface area contributed by atoms with E-state index in [0.717, 1.165) is 35.7 Å². The molecule has 3 aromatic rings. The summed E-state index contributed by atoms with van der Waals surface area (Å²) in [6.07, 6.45) is 1.98. The lowest BCUT2D eigenvalue weighted by Gasteiger charge is -2.37. The maximum Gasteiger partial charge on any atom is 0.0967 e. The first-order chi connectivity index (χ1) is 13.8. The first-order valence-electron chi connectivity index (χ1n) is 9.49. The molecule has 2 heterocycles. The fraction of sp³-hybridized carbons (Fsp3) is 0.261. The number of ether oxygens (including phenoxy) is 1. The summed E-state index contributed by atoms with van der Waals surface area (Å²) in [7, 11) is 0. The molecule has 4 rings (SSSR count). The lowest BCUT2D eigenvalue weighted by atomic mass is 10.1. The number of aromatic nitrogens is 1. The number of hydrogen-bond donors (Lipinski definition) is 0. The quantitative estimate of drug-likeness (QED) is 0.454. The van der Waals surface area contributed by atoms with Gasteiger partial charge >= 0.3 is 0 Å². The lowest BCUT2D eigenvalue weighted by molar-refractivity contribution is -0.0320. The summed E-state index contributed by atoms with van der Waals surface area (Å²) < 4.78 is 7.26. The van der Waals surface area contributed by atoms with Crippen LogP contribution in [-0.2, 0) is 11.3 Å². The summed E-state index contributed by atoms with van der Waals surface area (Å²) in [4.78, 5) is 7.07. The van der Waals surface area contributed by atoms with Crippen molar-refractivity contribution in [1.82, 2.24) is 9.88 Å². The predicted molar refractivity (Wildman–Crippen MR) is 118 cm³/mol. The molecule has 28 heavy (non-hydrogen) atoms. The Balaban J connectivity index is 1.52. The van der Waals surface area contributed by atoms with Crippen molar-refractivity contribution in [3.63, 3.8) is 0 Å². The van der Waals surface area contributed by atoms with Gasteiger partial charge in [0.2, 0.25) is 0 Å². The summed E-state index contributed by atoms with van der Waals surface area (Å²) in [5, 5.41) is 1.22. The highest BCUT2D eigenvalue weighted by Gasteiger charge is 2.30. The zero-order chi connectivity index (χ0) is 19.2. The van der Waals surface area contributed by atoms with Crippen LogP contribution in [0.25, 0.3) is 0 Å². The van der Waals surface area contributed by atoms with E-state index in [1.165, 1.54) is 11.1 Å². The van der Waals surface area contributed by atoms with Crippen molar-refractivity contribution in [3.8, 4) is 0 Å². The fourth-order valence-electron chi connectivity index (χ4n) is 3.46. The minimum Gasteiger partial charge on any atom is -0.374 e. The van der Waals surface area contributed by atoms with Crippen molar-refractivity contribution in [2.24, 2.45) is 0 Å². The average Bonchev–Trinajstić information content (AvgIpc) is 2.75. The van der Waals surface area contributed by atoms with E-state index >= 15 is 0 Å². The molecular formula is C23H23BrN2OS. The van der Waals surface area contributed by atoms with Crippen LogP contribution in [0.2, 0.25) is 0 Å². The zero-order valence-corrected chi connectivity index (χ0v) is 18.0. The Labute approximate surface area is 179 Å². The summed E-state index contributed by atoms with van der Waals surface area (Å²) in [5.41, 5.74) is 2.63. The molecule has 0 saturated carbocycles. The monoisotopic (exact) mass is 454 g/mol. The number of benzene rings is 2. The molecule has 0 N–H and O–H groups in total. The SMILES string of the molecule is Brc1ccc(S[C@@H](c2ccccc2)[C@@H]2CN(Cc3ccccc3)CCO2)nc1. The van der Waals surface area contributed by atoms with Gasteiger partial charge in [-0.05, 0) is 39.2 Å². The molecule has 0 spiro atoms. The Hall–Kier alpha value is -1.66. The van der Waals surface area contributed by atoms with Crippen LogP contribution in [0.4, 0.5) is 0 Å². The molecule has 1 fully saturated rings. The summed E-state index contributed by atoms with van der Waals surface area (Å²) >= 11 is 5.25. The first-order valence-corrected chi connectivity index (χ1v) is 11.2. The minimum atomic E-state index is 0.121. The van der Waals surface area contributed by atoms with Crippen LogP contribution < -0.4 is 0 Å². The third-order valence-corrected chi connectivity index (χ3v) is 6.62. The second-order valence-corrected chi connectivity index (χ2v) is 8.97. The van der Waals surface area contributed by atoms with Crippen molar-refractivity contribution >= 4 is 27.7 Å². The average molecular weight is 455 g/mol. The summed E-state index contributed by atoms with van der Waals surface area (Å²) in [6.45, 7) is 3.60. The molecule has 144 valence electrons. The molecule has 0 aliphatic carbocycles. The van der Waals surface area contributed by atoms with Crippen LogP contribution in [0.15, 0.2) is 88.5 Å². The number of pyridine rings is 1. The van der Waals surface area contributed by atoms with Crippen LogP contribution in [0.5, 0.6) is 0 Å². The van der Waals surface area contributed by atoms with Gasteiger partial charge in [-0.1, -0.05) is 72.4 Å². The summed E-state index contributed by atoms with van der Waals surface area (Å²) in [6, 6.07) is 25.4. The summed E-state index contributed by atoms with van der Waals surface area (Å²) in [5.74, 6) is 0. The number of thioether (sulfide) groups is 1. The Kier molecular flexibility index (Phi) is 6.81. The fourth-order valence-corrected chi connectivity index (χ4v) is 4.83. The van der Waals surface area contributed by atoms with E-state index in [1.54, 1.807) is 11.8 Å². The van der Waals surface area contributed by atoms with Crippen molar-refractivity contribution in [2.45, 2.75) is 22.9 Å². The smallest absolute Gasteiger partial charge is 0.0967 e. The van der Waals surface area contributed by atoms with Gasteiger partial charge in [-0.2, -0.15) is 0 Å². The van der Waals surface area contributed by atoms with Gasteiger partial charge in [-0.25, -0.2) is 4.98 Å². The molecule has 0 bridgehead atoms. The van der Waals surface area contributed by atoms with Gasteiger partial charge in [0.15, 0.2) is 0 Å². The first kappa shape index (κ1) is 19.6. The molecule has 0 unspecified atom stereocenters. The van der Waals surface area contributed by atoms with E-state index in [0.29, 0.717) is 0 Å². The predicted octanol–water partition coefficient (Wildman–Crippen LogP) is 5.58. The van der Waals surface area contributed by atoms with E-state index in [9.17, 15) is 0 Å². The second kappa shape index (κ2) is 9.70. The van der Waals surface area contributed by atoms with Gasteiger partial charge in [0.05, 0.1) is 23.0 Å². The number of halogens is 1. The highest BCUT2D eigenvalue weighted by Crippen LogP contribution is 2.39. The van der Waals surface area contributed by atoms with Crippen molar-refractivity contribution in [3.05, 3.63) is 94.6 Å². The Bertz CT molecular complexity index is 861. The molecule has 3 nitrogen and oxygen atoms in total. The molecule has 0 amide bonds. The molecule has 1 saturated heterocycles. The van der Waals surface area contributed by atoms with Gasteiger partial charge in [-0.3, -0.25) is 4.90 Å². The van der Waals surface area contributed by atoms with E-state index in [2.05, 4.69) is 92.5 Å². The molecule has 2 atom stereocenters. The van der Waals surface area contributed by atoms with E-state index < -0.39 is 0 Å². The topological polar surface area (TPSA) is 25.4 Å². The largest absolute Gasteiger partial charge is 0.374 e. The van der Waals surface area contributed by atoms with Gasteiger partial charge in [0, 0.05) is 30.3 Å². The zero-order valence-electron chi connectivity index (χ0n) is 15.6. The van der Waals surface area contributed by atoms with Crippen LogP contribution in [0.3, 0.4) is 0 Å². The van der Waals surface area contributed by atoms with E-state index in [1.807, 2.05) is 12.3 Å². The lowest BCUT2D eigenvalue weighted by Crippen LogP contribution is -2.44. The Morgan fingerprint density at radius 3 is 2.50 bits per heavy atom. The molecular weight excluding hydrogens is 432 g/mol. The Morgan fingerprint density at radius 1 is 1.04 bits per heavy atom. The molecule has 5 heteroatoms. The van der Waals surface area contributed by atoms with Crippen LogP contribution in [0, 0.1) is 0 Å². The second-order valence-electron chi connectivity index (χ2n) is 6.89. The molecule has 2 aromatic carbocycles. The van der Waals surface area contributed by atoms with Crippen LogP contribution in [0.1, 0.15) is 16.4 Å². The number of morpholine rings is 1. The highest BCUT2D eigenvalue weighted by molar-refractivity contribution is 9.10. The third kappa shape index (κ3) is 5.23. The Morgan fingerprint density at radius 2 is 1.79 bits per heavy atom. The maximum absolute atomic E-state index is 6.26. The van der Waals surface area contributed by atoms with Crippen LogP contribution >= 0.6 is 27.7 Å². The van der Waals surface area contributed by atoms with Gasteiger partial charge < -0.3 is 4.74 Å². The minimum absolute atomic E-state index is 0.121. The van der Waals surface area contributed by atoms with Gasteiger partial charge in [0.25, 0.3) is 0 Å². The van der Waals surface area contributed by atoms with Crippen LogP contribution in [-0.4, -0.2) is 35.7 Å². The van der Waals surface area contributed by atoms with Crippen molar-refractivity contribution < 1.29 is 4.74 Å². The molecule has 1 aliphatic rings. The number of hydrogen-bond acceptors (Lipinski definition) is 4. The maximum atomic E-state index is 6.26. The molecule has 1 aliphatic heterocycles. The molecule has 0 radical (unpaired) electrons. The van der Waals surface area contributed by atoms with Gasteiger partial charge in [0.1, 0.15) is 0 Å². The van der Waals surface area contributed by atoms with Crippen molar-refractivity contribution in [2.75, 3.05) is 19.7 Å². The standard InChI is InChI=1S/C23H23BrN2OS/c24-20-11-12-22(25-15-20)28-23(19-9-5-2-6-10-19)21-17-26(13-14-27-21)16-18-7-3-1-4-8-18/h1-12,15,21,23H,13-14,16-17H2/t21-,23-/m0/s1. The van der Waals surface area contributed by atoms with E-state index in [4.69, 9.17) is 4.74 Å². The number of rotatable bonds is 6. The van der Waals surface area contributed by atoms with Crippen molar-refractivity contribution in [1.29, 1.82) is 0 Å². The van der Waals surface area contributed by atoms with Gasteiger partial charge in [-0.15, -0.1) is 0 Å². The highest BCUT2D eigenvalue weighted by atomic mass is 79.9. The van der Waals surface area contributed by atoms with E-state index in [-0.39, 0.29) is 11.4 Å². The molecule has 1 aromatic heterocycles. The third-order valence-electron chi connectivity index (χ3n) is 4.84. The number of nitrogens with zero attached hydrogens (tertiary/aromatic N) is 2.